The molecule has 32 heavy (non-hydrogen) atoms. The average molecular weight is 451 g/mol. The molecule has 2 nitrogen and oxygen atoms in total. The van der Waals surface area contributed by atoms with Crippen LogP contribution in [0.3, 0.4) is 0 Å². The van der Waals surface area contributed by atoms with Gasteiger partial charge in [0.1, 0.15) is 13.9 Å². The van der Waals surface area contributed by atoms with Crippen molar-refractivity contribution in [1.82, 2.24) is 0 Å². The molecular weight excluding hydrogens is 408 g/mol. The lowest BCUT2D eigenvalue weighted by Crippen LogP contribution is -2.66. The number of carbonyl (C=O) groups is 1. The average Bonchev–Trinajstić information content (AvgIpc) is 2.78. The van der Waals surface area contributed by atoms with Gasteiger partial charge in [0.25, 0.3) is 0 Å². The summed E-state index contributed by atoms with van der Waals surface area (Å²) in [6, 6.07) is 23.4. The Morgan fingerprint density at radius 3 is 1.81 bits per heavy atom. The van der Waals surface area contributed by atoms with Crippen molar-refractivity contribution in [2.24, 2.45) is 11.3 Å². The van der Waals surface area contributed by atoms with Gasteiger partial charge < -0.3 is 4.74 Å². The van der Waals surface area contributed by atoms with Crippen molar-refractivity contribution in [2.75, 3.05) is 6.61 Å². The van der Waals surface area contributed by atoms with Gasteiger partial charge in [-0.05, 0) is 43.2 Å². The van der Waals surface area contributed by atoms with E-state index in [1.165, 1.54) is 10.4 Å². The van der Waals surface area contributed by atoms with Crippen molar-refractivity contribution in [3.8, 4) is 0 Å². The summed E-state index contributed by atoms with van der Waals surface area (Å²) in [6.45, 7) is 14.4. The van der Waals surface area contributed by atoms with Crippen LogP contribution in [0.25, 0.3) is 0 Å². The Kier molecular flexibility index (Phi) is 7.83. The molecule has 0 saturated heterocycles. The van der Waals surface area contributed by atoms with Crippen LogP contribution in [0.1, 0.15) is 67.2 Å². The summed E-state index contributed by atoms with van der Waals surface area (Å²) in [4.78, 5) is 13.6. The summed E-state index contributed by atoms with van der Waals surface area (Å²) in [7, 11) is -2.25. The summed E-state index contributed by atoms with van der Waals surface area (Å²) < 4.78 is 6.07. The third-order valence-electron chi connectivity index (χ3n) is 8.33. The molecule has 2 aromatic rings. The fourth-order valence-electron chi connectivity index (χ4n) is 6.52. The number of ketones is 1. The summed E-state index contributed by atoms with van der Waals surface area (Å²) in [5.74, 6) is 0.761. The lowest BCUT2D eigenvalue weighted by atomic mass is 9.62. The Balaban J connectivity index is 2.21. The molecule has 0 unspecified atom stereocenters. The molecule has 1 fully saturated rings. The fourth-order valence-corrected chi connectivity index (χ4v) is 12.5. The van der Waals surface area contributed by atoms with Crippen LogP contribution in [0, 0.1) is 11.3 Å². The van der Waals surface area contributed by atoms with Gasteiger partial charge in [0, 0.05) is 18.4 Å². The van der Waals surface area contributed by atoms with Crippen LogP contribution in [0.2, 0.25) is 11.1 Å². The van der Waals surface area contributed by atoms with Gasteiger partial charge in [-0.15, -0.1) is 0 Å². The Morgan fingerprint density at radius 1 is 0.906 bits per heavy atom. The third kappa shape index (κ3) is 4.39. The Hall–Kier alpha value is -1.71. The van der Waals surface area contributed by atoms with E-state index in [2.05, 4.69) is 95.3 Å². The lowest BCUT2D eigenvalue weighted by Gasteiger charge is -2.52. The molecule has 0 aliphatic heterocycles. The first-order chi connectivity index (χ1) is 15.2. The van der Waals surface area contributed by atoms with Gasteiger partial charge in [0.05, 0.1) is 6.10 Å². The molecule has 3 rings (SSSR count). The van der Waals surface area contributed by atoms with Crippen molar-refractivity contribution in [2.45, 2.75) is 84.4 Å². The monoisotopic (exact) mass is 450 g/mol. The molecule has 0 heterocycles. The van der Waals surface area contributed by atoms with Gasteiger partial charge >= 0.3 is 0 Å². The minimum atomic E-state index is -2.25. The van der Waals surface area contributed by atoms with Crippen molar-refractivity contribution >= 4 is 24.2 Å². The second-order valence-electron chi connectivity index (χ2n) is 10.6. The molecule has 3 heteroatoms. The van der Waals surface area contributed by atoms with Gasteiger partial charge in [0.15, 0.2) is 0 Å². The maximum Gasteiger partial charge on any atom is 0.141 e. The minimum Gasteiger partial charge on any atom is -0.378 e. The number of Topliss-reactive ketones (excluding diaryl/α,β-unsaturated/α-hetero) is 1. The lowest BCUT2D eigenvalue weighted by molar-refractivity contribution is -0.142. The zero-order valence-electron chi connectivity index (χ0n) is 21.0. The molecule has 0 amide bonds. The highest BCUT2D eigenvalue weighted by Crippen LogP contribution is 2.51. The minimum absolute atomic E-state index is 0.0574. The molecule has 1 aliphatic rings. The Bertz CT molecular complexity index is 826. The van der Waals surface area contributed by atoms with Crippen LogP contribution in [-0.2, 0) is 9.53 Å². The number of rotatable bonds is 8. The quantitative estimate of drug-likeness (QED) is 0.445. The SMILES string of the molecule is CCO[C@H]1CC(=O)C(CC)(CC)[C@@H](C[Si](c2ccccc2)(c2ccccc2)C(C)(C)C)C1. The number of carbonyl (C=O) groups excluding carboxylic acids is 1. The van der Waals surface area contributed by atoms with Crippen LogP contribution >= 0.6 is 0 Å². The van der Waals surface area contributed by atoms with E-state index in [1.807, 2.05) is 6.92 Å². The van der Waals surface area contributed by atoms with E-state index in [1.54, 1.807) is 0 Å². The fraction of sp³-hybridized carbons (Fsp3) is 0.552. The molecule has 0 N–H and O–H groups in total. The number of hydrogen-bond acceptors (Lipinski definition) is 2. The highest BCUT2D eigenvalue weighted by Gasteiger charge is 2.55. The summed E-state index contributed by atoms with van der Waals surface area (Å²) in [5, 5.41) is 3.06. The molecule has 1 aliphatic carbocycles. The molecule has 0 radical (unpaired) electrons. The Labute approximate surface area is 196 Å². The molecular formula is C29H42O2Si. The highest BCUT2D eigenvalue weighted by atomic mass is 28.3. The molecule has 0 spiro atoms. The maximum absolute atomic E-state index is 13.6. The van der Waals surface area contributed by atoms with E-state index >= 15 is 0 Å². The van der Waals surface area contributed by atoms with Crippen molar-refractivity contribution < 1.29 is 9.53 Å². The zero-order chi connectivity index (χ0) is 23.4. The molecule has 0 aromatic heterocycles. The van der Waals surface area contributed by atoms with Crippen LogP contribution in [-0.4, -0.2) is 26.6 Å². The van der Waals surface area contributed by atoms with E-state index < -0.39 is 8.07 Å². The van der Waals surface area contributed by atoms with E-state index in [9.17, 15) is 4.79 Å². The molecule has 2 aromatic carbocycles. The highest BCUT2D eigenvalue weighted by molar-refractivity contribution is 7.04. The van der Waals surface area contributed by atoms with Gasteiger partial charge in [-0.2, -0.15) is 0 Å². The van der Waals surface area contributed by atoms with Crippen LogP contribution in [0.4, 0.5) is 0 Å². The first-order valence-electron chi connectivity index (χ1n) is 12.5. The first-order valence-corrected chi connectivity index (χ1v) is 14.7. The summed E-state index contributed by atoms with van der Waals surface area (Å²) in [5.41, 5.74) is -0.235. The first kappa shape index (κ1) is 24.9. The number of hydrogen-bond donors (Lipinski definition) is 0. The standard InChI is InChI=1S/C29H42O2Si/c1-7-29(8-2)23(20-24(31-9-3)21-27(29)30)22-32(28(4,5)6,25-16-12-10-13-17-25)26-18-14-11-15-19-26/h10-19,23-24H,7-9,20-22H2,1-6H3/t23-,24-/m1/s1. The predicted octanol–water partition coefficient (Wildman–Crippen LogP) is 6.24. The third-order valence-corrected chi connectivity index (χ3v) is 14.6. The zero-order valence-corrected chi connectivity index (χ0v) is 22.0. The van der Waals surface area contributed by atoms with E-state index in [-0.39, 0.29) is 16.6 Å². The summed E-state index contributed by atoms with van der Waals surface area (Å²) >= 11 is 0. The van der Waals surface area contributed by atoms with Crippen LogP contribution in [0.15, 0.2) is 60.7 Å². The predicted molar refractivity (Wildman–Crippen MR) is 139 cm³/mol. The maximum atomic E-state index is 13.6. The van der Waals surface area contributed by atoms with Gasteiger partial charge in [-0.25, -0.2) is 0 Å². The van der Waals surface area contributed by atoms with Crippen LogP contribution in [0.5, 0.6) is 0 Å². The topological polar surface area (TPSA) is 26.3 Å². The van der Waals surface area contributed by atoms with E-state index in [0.717, 1.165) is 25.3 Å². The normalized spacial score (nSPS) is 21.5. The molecule has 0 bridgehead atoms. The van der Waals surface area contributed by atoms with E-state index in [0.29, 0.717) is 24.7 Å². The van der Waals surface area contributed by atoms with Gasteiger partial charge in [0.2, 0.25) is 0 Å². The van der Waals surface area contributed by atoms with E-state index in [4.69, 9.17) is 4.74 Å². The smallest absolute Gasteiger partial charge is 0.141 e. The second kappa shape index (κ2) is 10.1. The Morgan fingerprint density at radius 2 is 1.41 bits per heavy atom. The van der Waals surface area contributed by atoms with Crippen molar-refractivity contribution in [3.05, 3.63) is 60.7 Å². The number of ether oxygens (including phenoxy) is 1. The summed E-state index contributed by atoms with van der Waals surface area (Å²) in [6.07, 6.45) is 3.47. The second-order valence-corrected chi connectivity index (χ2v) is 15.5. The van der Waals surface area contributed by atoms with Crippen molar-refractivity contribution in [1.29, 1.82) is 0 Å². The molecule has 2 atom stereocenters. The molecule has 1 saturated carbocycles. The van der Waals surface area contributed by atoms with Gasteiger partial charge in [-0.1, -0.05) is 106 Å². The van der Waals surface area contributed by atoms with Crippen LogP contribution < -0.4 is 10.4 Å². The number of benzene rings is 2. The van der Waals surface area contributed by atoms with Crippen molar-refractivity contribution in [3.63, 3.8) is 0 Å². The largest absolute Gasteiger partial charge is 0.378 e. The molecule has 174 valence electrons. The van der Waals surface area contributed by atoms with Gasteiger partial charge in [-0.3, -0.25) is 4.79 Å².